The van der Waals surface area contributed by atoms with Gasteiger partial charge in [-0.3, -0.25) is 19.3 Å². The van der Waals surface area contributed by atoms with Gasteiger partial charge in [0, 0.05) is 29.7 Å². The Bertz CT molecular complexity index is 1030. The molecule has 0 radical (unpaired) electrons. The van der Waals surface area contributed by atoms with Crippen molar-refractivity contribution in [3.05, 3.63) is 59.7 Å². The number of nitrogens with zero attached hydrogens (tertiary/aromatic N) is 1. The van der Waals surface area contributed by atoms with Crippen LogP contribution in [0.2, 0.25) is 0 Å². The van der Waals surface area contributed by atoms with E-state index in [-0.39, 0.29) is 24.8 Å². The summed E-state index contributed by atoms with van der Waals surface area (Å²) in [6.07, 6.45) is 0.647. The molecule has 1 atom stereocenters. The summed E-state index contributed by atoms with van der Waals surface area (Å²) in [5, 5.41) is 5.48. The molecule has 0 unspecified atom stereocenters. The normalized spacial score (nSPS) is 19.8. The highest BCUT2D eigenvalue weighted by atomic mass is 16.5. The van der Waals surface area contributed by atoms with Gasteiger partial charge in [-0.1, -0.05) is 25.1 Å². The Labute approximate surface area is 173 Å². The third-order valence-electron chi connectivity index (χ3n) is 5.37. The lowest BCUT2D eigenvalue weighted by Crippen LogP contribution is -2.47. The van der Waals surface area contributed by atoms with Crippen molar-refractivity contribution in [2.75, 3.05) is 18.5 Å². The third-order valence-corrected chi connectivity index (χ3v) is 5.37. The minimum absolute atomic E-state index is 0.129. The van der Waals surface area contributed by atoms with Crippen molar-refractivity contribution in [2.24, 2.45) is 0 Å². The third kappa shape index (κ3) is 3.30. The van der Waals surface area contributed by atoms with Gasteiger partial charge in [0.2, 0.25) is 5.91 Å². The minimum atomic E-state index is -1.21. The van der Waals surface area contributed by atoms with Gasteiger partial charge in [-0.15, -0.1) is 0 Å². The van der Waals surface area contributed by atoms with Crippen LogP contribution in [0.1, 0.15) is 35.7 Å². The van der Waals surface area contributed by atoms with Gasteiger partial charge in [-0.05, 0) is 30.3 Å². The second-order valence-corrected chi connectivity index (χ2v) is 7.22. The van der Waals surface area contributed by atoms with Crippen LogP contribution in [0.25, 0.3) is 0 Å². The lowest BCUT2D eigenvalue weighted by atomic mass is 9.84. The molecule has 2 heterocycles. The Morgan fingerprint density at radius 1 is 1.13 bits per heavy atom. The molecule has 0 bridgehead atoms. The van der Waals surface area contributed by atoms with Crippen LogP contribution in [0.5, 0.6) is 5.75 Å². The first-order valence-corrected chi connectivity index (χ1v) is 9.74. The lowest BCUT2D eigenvalue weighted by Gasteiger charge is -2.33. The molecule has 1 saturated heterocycles. The summed E-state index contributed by atoms with van der Waals surface area (Å²) >= 11 is 0. The van der Waals surface area contributed by atoms with Gasteiger partial charge in [0.05, 0.1) is 13.2 Å². The molecule has 2 aromatic rings. The number of amides is 4. The summed E-state index contributed by atoms with van der Waals surface area (Å²) in [5.41, 5.74) is 0.311. The maximum Gasteiger partial charge on any atom is 0.325 e. The monoisotopic (exact) mass is 407 g/mol. The number of hydrogen-bond acceptors (Lipinski definition) is 5. The Balaban J connectivity index is 1.52. The van der Waals surface area contributed by atoms with Crippen LogP contribution in [0.15, 0.2) is 48.5 Å². The number of Topliss-reactive ketones (excluding diaryl/α,β-unsaturated/α-hetero) is 1. The molecular weight excluding hydrogens is 386 g/mol. The fourth-order valence-corrected chi connectivity index (χ4v) is 3.74. The van der Waals surface area contributed by atoms with Gasteiger partial charge < -0.3 is 15.4 Å². The predicted octanol–water partition coefficient (Wildman–Crippen LogP) is 2.45. The summed E-state index contributed by atoms with van der Waals surface area (Å²) in [6, 6.07) is 12.8. The summed E-state index contributed by atoms with van der Waals surface area (Å²) in [4.78, 5) is 50.9. The van der Waals surface area contributed by atoms with E-state index in [1.807, 2.05) is 0 Å². The van der Waals surface area contributed by atoms with Gasteiger partial charge in [0.15, 0.2) is 11.3 Å². The zero-order chi connectivity index (χ0) is 21.3. The molecule has 0 aliphatic carbocycles. The Morgan fingerprint density at radius 2 is 1.87 bits per heavy atom. The van der Waals surface area contributed by atoms with Crippen molar-refractivity contribution in [1.82, 2.24) is 10.2 Å². The van der Waals surface area contributed by atoms with Crippen molar-refractivity contribution >= 4 is 29.3 Å². The average molecular weight is 407 g/mol. The van der Waals surface area contributed by atoms with Crippen LogP contribution in [-0.4, -0.2) is 41.7 Å². The fourth-order valence-electron chi connectivity index (χ4n) is 3.74. The number of hydrogen-bond donors (Lipinski definition) is 2. The van der Waals surface area contributed by atoms with Crippen LogP contribution in [0, 0.1) is 0 Å². The number of anilines is 1. The van der Waals surface area contributed by atoms with Crippen LogP contribution in [0.3, 0.4) is 0 Å². The maximum atomic E-state index is 13.2. The van der Waals surface area contributed by atoms with Crippen LogP contribution in [0.4, 0.5) is 10.5 Å². The average Bonchev–Trinajstić information content (AvgIpc) is 2.99. The fraction of sp³-hybridized carbons (Fsp3) is 0.273. The largest absolute Gasteiger partial charge is 0.493 e. The van der Waals surface area contributed by atoms with Crippen LogP contribution in [-0.2, 0) is 15.1 Å². The molecule has 2 aliphatic heterocycles. The predicted molar refractivity (Wildman–Crippen MR) is 108 cm³/mol. The second-order valence-electron chi connectivity index (χ2n) is 7.22. The van der Waals surface area contributed by atoms with Crippen molar-refractivity contribution in [1.29, 1.82) is 0 Å². The highest BCUT2D eigenvalue weighted by molar-refractivity contribution is 6.11. The number of benzene rings is 2. The maximum absolute atomic E-state index is 13.2. The summed E-state index contributed by atoms with van der Waals surface area (Å²) in [6.45, 7) is 1.67. The van der Waals surface area contributed by atoms with Gasteiger partial charge in [-0.2, -0.15) is 0 Å². The first kappa shape index (κ1) is 19.6. The summed E-state index contributed by atoms with van der Waals surface area (Å²) in [5.74, 6) is -0.404. The molecule has 4 amide bonds. The van der Waals surface area contributed by atoms with Crippen LogP contribution >= 0.6 is 0 Å². The van der Waals surface area contributed by atoms with E-state index in [4.69, 9.17) is 4.74 Å². The van der Waals surface area contributed by atoms with Gasteiger partial charge in [-0.25, -0.2) is 4.79 Å². The number of nitrogens with one attached hydrogen (secondary N) is 2. The van der Waals surface area contributed by atoms with Gasteiger partial charge in [0.1, 0.15) is 5.75 Å². The number of carbonyl (C=O) groups is 4. The number of ketones is 1. The molecule has 8 nitrogen and oxygen atoms in total. The standard InChI is InChI=1S/C22H21N3O5/c1-2-19(27)23-15-9-7-14(8-10-15)17(26)13-25-20(28)22(24-21(25)29)11-12-30-18-6-4-3-5-16(18)22/h3-10H,2,11-13H2,1H3,(H,23,27)(H,24,29)/t22-/m0/s1. The van der Waals surface area contributed by atoms with E-state index in [2.05, 4.69) is 10.6 Å². The molecule has 4 rings (SSSR count). The molecule has 2 aliphatic rings. The SMILES string of the molecule is CCC(=O)Nc1ccc(C(=O)CN2C(=O)N[C@]3(CCOc4ccccc43)C2=O)cc1. The Hall–Kier alpha value is -3.68. The van der Waals surface area contributed by atoms with Gasteiger partial charge >= 0.3 is 6.03 Å². The Kier molecular flexibility index (Phi) is 4.99. The quantitative estimate of drug-likeness (QED) is 0.585. The summed E-state index contributed by atoms with van der Waals surface area (Å²) < 4.78 is 5.61. The van der Waals surface area contributed by atoms with E-state index >= 15 is 0 Å². The highest BCUT2D eigenvalue weighted by Gasteiger charge is 2.55. The molecule has 154 valence electrons. The number of urea groups is 1. The van der Waals surface area contributed by atoms with E-state index in [1.165, 1.54) is 0 Å². The first-order valence-electron chi connectivity index (χ1n) is 9.74. The number of para-hydroxylation sites is 1. The van der Waals surface area contributed by atoms with E-state index in [0.717, 1.165) is 4.90 Å². The lowest BCUT2D eigenvalue weighted by molar-refractivity contribution is -0.132. The molecule has 30 heavy (non-hydrogen) atoms. The zero-order valence-electron chi connectivity index (χ0n) is 16.4. The number of rotatable bonds is 5. The second kappa shape index (κ2) is 7.62. The molecule has 0 saturated carbocycles. The van der Waals surface area contributed by atoms with Crippen molar-refractivity contribution in [2.45, 2.75) is 25.3 Å². The summed E-state index contributed by atoms with van der Waals surface area (Å²) in [7, 11) is 0. The zero-order valence-corrected chi connectivity index (χ0v) is 16.4. The smallest absolute Gasteiger partial charge is 0.325 e. The Morgan fingerprint density at radius 3 is 2.60 bits per heavy atom. The molecule has 0 aromatic heterocycles. The van der Waals surface area contributed by atoms with E-state index in [0.29, 0.717) is 35.4 Å². The van der Waals surface area contributed by atoms with Crippen molar-refractivity contribution in [3.8, 4) is 5.75 Å². The first-order chi connectivity index (χ1) is 14.4. The highest BCUT2D eigenvalue weighted by Crippen LogP contribution is 2.40. The minimum Gasteiger partial charge on any atom is -0.493 e. The molecule has 1 fully saturated rings. The van der Waals surface area contributed by atoms with E-state index in [1.54, 1.807) is 55.5 Å². The van der Waals surface area contributed by atoms with Crippen molar-refractivity contribution < 1.29 is 23.9 Å². The topological polar surface area (TPSA) is 105 Å². The van der Waals surface area contributed by atoms with Gasteiger partial charge in [0.25, 0.3) is 5.91 Å². The molecule has 1 spiro atoms. The number of carbonyl (C=O) groups excluding carboxylic acids is 4. The van der Waals surface area contributed by atoms with Crippen molar-refractivity contribution in [3.63, 3.8) is 0 Å². The number of imide groups is 1. The van der Waals surface area contributed by atoms with Crippen LogP contribution < -0.4 is 15.4 Å². The molecule has 2 aromatic carbocycles. The molecular formula is C22H21N3O5. The number of fused-ring (bicyclic) bond motifs is 2. The number of ether oxygens (including phenoxy) is 1. The molecule has 8 heteroatoms. The van der Waals surface area contributed by atoms with E-state index < -0.39 is 17.5 Å². The molecule has 2 N–H and O–H groups in total. The van der Waals surface area contributed by atoms with E-state index in [9.17, 15) is 19.2 Å².